The van der Waals surface area contributed by atoms with Gasteiger partial charge in [-0.25, -0.2) is 0 Å². The Morgan fingerprint density at radius 1 is 1.56 bits per heavy atom. The molecule has 0 unspecified atom stereocenters. The minimum absolute atomic E-state index is 0.0173. The highest BCUT2D eigenvalue weighted by atomic mass is 32.1. The molecule has 0 aliphatic carbocycles. The topological polar surface area (TPSA) is 69.6 Å². The van der Waals surface area contributed by atoms with Crippen molar-refractivity contribution >= 4 is 23.2 Å². The highest BCUT2D eigenvalue weighted by Gasteiger charge is 2.41. The molecule has 2 amide bonds. The van der Waals surface area contributed by atoms with Crippen LogP contribution in [0.25, 0.3) is 0 Å². The molecule has 0 atom stereocenters. The molecule has 6 heteroatoms. The summed E-state index contributed by atoms with van der Waals surface area (Å²) in [7, 11) is 0. The summed E-state index contributed by atoms with van der Waals surface area (Å²) in [6, 6.07) is 3.50. The van der Waals surface area contributed by atoms with Gasteiger partial charge in [0.1, 0.15) is 0 Å². The van der Waals surface area contributed by atoms with E-state index in [4.69, 9.17) is 0 Å². The van der Waals surface area contributed by atoms with Gasteiger partial charge in [0, 0.05) is 0 Å². The number of β-amino-alcohol motifs (C(OH)–C–C–N with tert-alkyl or cyclic N) is 1. The summed E-state index contributed by atoms with van der Waals surface area (Å²) in [5.74, 6) is -0.386. The summed E-state index contributed by atoms with van der Waals surface area (Å²) < 4.78 is 0. The lowest BCUT2D eigenvalue weighted by Crippen LogP contribution is -2.64. The number of carbonyl (C=O) groups is 2. The molecule has 1 fully saturated rings. The van der Waals surface area contributed by atoms with Gasteiger partial charge in [-0.2, -0.15) is 0 Å². The lowest BCUT2D eigenvalue weighted by molar-refractivity contribution is -0.154. The molecule has 1 aromatic heterocycles. The van der Waals surface area contributed by atoms with Gasteiger partial charge in [-0.15, -0.1) is 11.3 Å². The third-order valence-corrected chi connectivity index (χ3v) is 3.99. The summed E-state index contributed by atoms with van der Waals surface area (Å²) in [4.78, 5) is 25.5. The van der Waals surface area contributed by atoms with Crippen LogP contribution in [0.5, 0.6) is 0 Å². The molecule has 2 heterocycles. The third kappa shape index (κ3) is 2.70. The Kier molecular flexibility index (Phi) is 3.68. The predicted molar refractivity (Wildman–Crippen MR) is 68.5 cm³/mol. The molecule has 0 bridgehead atoms. The van der Waals surface area contributed by atoms with Gasteiger partial charge in [0.05, 0.1) is 30.1 Å². The normalized spacial score (nSPS) is 17.1. The zero-order chi connectivity index (χ0) is 13.2. The average molecular weight is 268 g/mol. The number of hydrogen-bond acceptors (Lipinski definition) is 4. The van der Waals surface area contributed by atoms with Crippen LogP contribution in [0.2, 0.25) is 0 Å². The number of likely N-dealkylation sites (tertiary alicyclic amines) is 1. The molecule has 98 valence electrons. The maximum absolute atomic E-state index is 11.7. The van der Waals surface area contributed by atoms with Crippen molar-refractivity contribution in [1.82, 2.24) is 10.2 Å². The van der Waals surface area contributed by atoms with E-state index in [1.807, 2.05) is 12.3 Å². The molecule has 1 aliphatic rings. The van der Waals surface area contributed by atoms with Gasteiger partial charge in [-0.05, 0) is 17.9 Å². The number of carbonyl (C=O) groups excluding carboxylic acids is 2. The number of aliphatic hydroxyl groups is 1. The van der Waals surface area contributed by atoms with E-state index in [-0.39, 0.29) is 18.4 Å². The summed E-state index contributed by atoms with van der Waals surface area (Å²) in [6.07, 6.45) is 0.637. The first-order valence-electron chi connectivity index (χ1n) is 5.86. The Labute approximate surface area is 109 Å². The van der Waals surface area contributed by atoms with Crippen molar-refractivity contribution in [3.05, 3.63) is 22.4 Å². The Morgan fingerprint density at radius 3 is 2.83 bits per heavy atom. The first kappa shape index (κ1) is 13.0. The van der Waals surface area contributed by atoms with Crippen LogP contribution in [-0.2, 0) is 4.79 Å². The van der Waals surface area contributed by atoms with Crippen LogP contribution in [-0.4, -0.2) is 47.1 Å². The fourth-order valence-corrected chi connectivity index (χ4v) is 2.47. The van der Waals surface area contributed by atoms with E-state index in [9.17, 15) is 14.7 Å². The molecule has 1 aromatic rings. The van der Waals surface area contributed by atoms with Crippen LogP contribution >= 0.6 is 11.3 Å². The van der Waals surface area contributed by atoms with Crippen molar-refractivity contribution in [2.24, 2.45) is 0 Å². The molecular weight excluding hydrogens is 252 g/mol. The van der Waals surface area contributed by atoms with Gasteiger partial charge in [0.25, 0.3) is 5.91 Å². The minimum atomic E-state index is -0.729. The first-order chi connectivity index (χ1) is 8.54. The SMILES string of the molecule is CCC1(O)CN(C(=O)CNC(=O)c2cccs2)C1. The number of hydrogen-bond donors (Lipinski definition) is 2. The van der Waals surface area contributed by atoms with E-state index in [0.717, 1.165) is 0 Å². The van der Waals surface area contributed by atoms with Crippen LogP contribution in [0.3, 0.4) is 0 Å². The predicted octanol–water partition coefficient (Wildman–Crippen LogP) is 0.461. The molecular formula is C12H16N2O3S. The van der Waals surface area contributed by atoms with E-state index in [0.29, 0.717) is 24.4 Å². The van der Waals surface area contributed by atoms with E-state index in [1.54, 1.807) is 17.0 Å². The Morgan fingerprint density at radius 2 is 2.28 bits per heavy atom. The fraction of sp³-hybridized carbons (Fsp3) is 0.500. The Hall–Kier alpha value is -1.40. The van der Waals surface area contributed by atoms with Gasteiger partial charge in [-0.3, -0.25) is 9.59 Å². The van der Waals surface area contributed by atoms with Gasteiger partial charge in [0.15, 0.2) is 0 Å². The molecule has 2 rings (SSSR count). The standard InChI is InChI=1S/C12H16N2O3S/c1-2-12(17)7-14(8-12)10(15)6-13-11(16)9-4-3-5-18-9/h3-5,17H,2,6-8H2,1H3,(H,13,16). The minimum Gasteiger partial charge on any atom is -0.386 e. The fourth-order valence-electron chi connectivity index (χ4n) is 1.83. The van der Waals surface area contributed by atoms with Gasteiger partial charge in [0.2, 0.25) is 5.91 Å². The van der Waals surface area contributed by atoms with Gasteiger partial charge >= 0.3 is 0 Å². The summed E-state index contributed by atoms with van der Waals surface area (Å²) in [5.41, 5.74) is -0.729. The molecule has 0 spiro atoms. The molecule has 0 saturated carbocycles. The van der Waals surface area contributed by atoms with Crippen LogP contribution in [0.15, 0.2) is 17.5 Å². The van der Waals surface area contributed by atoms with Crippen LogP contribution in [0.4, 0.5) is 0 Å². The second-order valence-electron chi connectivity index (χ2n) is 4.49. The highest BCUT2D eigenvalue weighted by molar-refractivity contribution is 7.12. The second kappa shape index (κ2) is 5.07. The number of nitrogens with one attached hydrogen (secondary N) is 1. The lowest BCUT2D eigenvalue weighted by Gasteiger charge is -2.46. The van der Waals surface area contributed by atoms with E-state index in [1.165, 1.54) is 11.3 Å². The van der Waals surface area contributed by atoms with E-state index < -0.39 is 5.60 Å². The molecule has 0 radical (unpaired) electrons. The van der Waals surface area contributed by atoms with Gasteiger partial charge < -0.3 is 15.3 Å². The molecule has 1 saturated heterocycles. The summed E-state index contributed by atoms with van der Waals surface area (Å²) in [5, 5.41) is 14.2. The first-order valence-corrected chi connectivity index (χ1v) is 6.74. The summed E-state index contributed by atoms with van der Waals surface area (Å²) >= 11 is 1.34. The van der Waals surface area contributed by atoms with Crippen LogP contribution < -0.4 is 5.32 Å². The van der Waals surface area contributed by atoms with Gasteiger partial charge in [-0.1, -0.05) is 13.0 Å². The maximum atomic E-state index is 11.7. The van der Waals surface area contributed by atoms with Crippen molar-refractivity contribution < 1.29 is 14.7 Å². The Balaban J connectivity index is 1.75. The molecule has 18 heavy (non-hydrogen) atoms. The number of nitrogens with zero attached hydrogens (tertiary/aromatic N) is 1. The van der Waals surface area contributed by atoms with Crippen LogP contribution in [0.1, 0.15) is 23.0 Å². The average Bonchev–Trinajstić information content (AvgIpc) is 2.85. The molecule has 5 nitrogen and oxygen atoms in total. The second-order valence-corrected chi connectivity index (χ2v) is 5.44. The summed E-state index contributed by atoms with van der Waals surface area (Å²) in [6.45, 7) is 2.59. The van der Waals surface area contributed by atoms with E-state index >= 15 is 0 Å². The van der Waals surface area contributed by atoms with Crippen LogP contribution in [0, 0.1) is 0 Å². The third-order valence-electron chi connectivity index (χ3n) is 3.13. The quantitative estimate of drug-likeness (QED) is 0.833. The number of thiophene rings is 1. The maximum Gasteiger partial charge on any atom is 0.261 e. The van der Waals surface area contributed by atoms with Crippen molar-refractivity contribution in [1.29, 1.82) is 0 Å². The lowest BCUT2D eigenvalue weighted by atomic mass is 9.91. The number of amides is 2. The van der Waals surface area contributed by atoms with Crippen molar-refractivity contribution in [3.8, 4) is 0 Å². The monoisotopic (exact) mass is 268 g/mol. The zero-order valence-electron chi connectivity index (χ0n) is 10.2. The van der Waals surface area contributed by atoms with E-state index in [2.05, 4.69) is 5.32 Å². The van der Waals surface area contributed by atoms with Crippen molar-refractivity contribution in [2.45, 2.75) is 18.9 Å². The highest BCUT2D eigenvalue weighted by Crippen LogP contribution is 2.23. The molecule has 0 aromatic carbocycles. The van der Waals surface area contributed by atoms with Crippen molar-refractivity contribution in [3.63, 3.8) is 0 Å². The Bertz CT molecular complexity index is 438. The molecule has 2 N–H and O–H groups in total. The zero-order valence-corrected chi connectivity index (χ0v) is 11.0. The number of rotatable bonds is 4. The van der Waals surface area contributed by atoms with Crippen molar-refractivity contribution in [2.75, 3.05) is 19.6 Å². The molecule has 1 aliphatic heterocycles. The largest absolute Gasteiger partial charge is 0.386 e. The smallest absolute Gasteiger partial charge is 0.261 e.